The van der Waals surface area contributed by atoms with Gasteiger partial charge in [-0.15, -0.1) is 0 Å². The zero-order valence-electron chi connectivity index (χ0n) is 14.4. The molecule has 2 heterocycles. The number of primary amides is 1. The molecule has 0 saturated carbocycles. The van der Waals surface area contributed by atoms with E-state index < -0.39 is 17.4 Å². The highest BCUT2D eigenvalue weighted by atomic mass is 19.1. The van der Waals surface area contributed by atoms with Crippen molar-refractivity contribution in [3.63, 3.8) is 0 Å². The van der Waals surface area contributed by atoms with E-state index in [1.165, 1.54) is 25.5 Å². The number of hydrogen-bond acceptors (Lipinski definition) is 5. The molecule has 1 aliphatic rings. The summed E-state index contributed by atoms with van der Waals surface area (Å²) < 4.78 is 20.4. The first-order valence-corrected chi connectivity index (χ1v) is 8.15. The first kappa shape index (κ1) is 16.8. The predicted molar refractivity (Wildman–Crippen MR) is 98.7 cm³/mol. The van der Waals surface area contributed by atoms with Gasteiger partial charge in [0.15, 0.2) is 5.66 Å². The number of aliphatic imine (C=N–C) groups is 1. The number of nitrogens with two attached hydrogens (primary N) is 1. The Balaban J connectivity index is 2.05. The smallest absolute Gasteiger partial charge is 0.267 e. The van der Waals surface area contributed by atoms with Crippen molar-refractivity contribution in [2.24, 2.45) is 10.7 Å². The zero-order chi connectivity index (χ0) is 19.0. The van der Waals surface area contributed by atoms with E-state index in [1.54, 1.807) is 24.4 Å². The molecule has 8 heteroatoms. The summed E-state index contributed by atoms with van der Waals surface area (Å²) in [7, 11) is 1.45. The van der Waals surface area contributed by atoms with Crippen LogP contribution >= 0.6 is 0 Å². The lowest BCUT2D eigenvalue weighted by Gasteiger charge is -2.35. The lowest BCUT2D eigenvalue weighted by molar-refractivity contribution is -0.112. The molecule has 1 atom stereocenters. The molecule has 2 aromatic carbocycles. The molecule has 7 nitrogen and oxygen atoms in total. The molecule has 1 aromatic heterocycles. The summed E-state index contributed by atoms with van der Waals surface area (Å²) in [6.45, 7) is 0. The number of aromatic amines is 1. The van der Waals surface area contributed by atoms with Gasteiger partial charge in [0.2, 0.25) is 0 Å². The fraction of sp³-hybridized carbons (Fsp3) is 0.105. The Morgan fingerprint density at radius 1 is 1.30 bits per heavy atom. The van der Waals surface area contributed by atoms with Gasteiger partial charge in [-0.2, -0.15) is 5.10 Å². The number of carbonyl (C=O) groups is 1. The number of benzene rings is 2. The number of fused-ring (bicyclic) bond motifs is 1. The van der Waals surface area contributed by atoms with Crippen molar-refractivity contribution in [1.29, 1.82) is 0 Å². The molecule has 1 aliphatic heterocycles. The number of nitrogens with zero attached hydrogens (tertiary/aromatic N) is 2. The van der Waals surface area contributed by atoms with Crippen molar-refractivity contribution in [3.8, 4) is 5.75 Å². The van der Waals surface area contributed by atoms with Crippen LogP contribution in [0.4, 0.5) is 4.39 Å². The van der Waals surface area contributed by atoms with E-state index in [4.69, 9.17) is 10.5 Å². The van der Waals surface area contributed by atoms with E-state index in [9.17, 15) is 9.18 Å². The Morgan fingerprint density at radius 2 is 2.15 bits per heavy atom. The van der Waals surface area contributed by atoms with Crippen LogP contribution in [0.5, 0.6) is 5.75 Å². The lowest BCUT2D eigenvalue weighted by Crippen LogP contribution is -2.44. The van der Waals surface area contributed by atoms with Gasteiger partial charge >= 0.3 is 0 Å². The molecule has 0 saturated heterocycles. The highest BCUT2D eigenvalue weighted by molar-refractivity contribution is 6.43. The van der Waals surface area contributed by atoms with Crippen molar-refractivity contribution in [3.05, 3.63) is 71.8 Å². The van der Waals surface area contributed by atoms with E-state index in [2.05, 4.69) is 20.5 Å². The van der Waals surface area contributed by atoms with E-state index in [0.717, 1.165) is 10.9 Å². The third kappa shape index (κ3) is 2.62. The van der Waals surface area contributed by atoms with E-state index >= 15 is 0 Å². The van der Waals surface area contributed by atoms with Gasteiger partial charge < -0.3 is 15.8 Å². The Kier molecular flexibility index (Phi) is 3.88. The second kappa shape index (κ2) is 6.24. The Bertz CT molecular complexity index is 1100. The quantitative estimate of drug-likeness (QED) is 0.657. The van der Waals surface area contributed by atoms with Gasteiger partial charge in [0.05, 0.1) is 24.4 Å². The lowest BCUT2D eigenvalue weighted by atomic mass is 9.88. The van der Waals surface area contributed by atoms with Gasteiger partial charge in [-0.3, -0.25) is 9.89 Å². The molecule has 0 radical (unpaired) electrons. The number of methoxy groups -OCH3 is 1. The van der Waals surface area contributed by atoms with Crippen LogP contribution < -0.4 is 15.8 Å². The van der Waals surface area contributed by atoms with E-state index in [0.29, 0.717) is 5.56 Å². The van der Waals surface area contributed by atoms with Gasteiger partial charge in [-0.05, 0) is 30.3 Å². The number of halogens is 1. The highest BCUT2D eigenvalue weighted by Gasteiger charge is 2.41. The van der Waals surface area contributed by atoms with Crippen LogP contribution in [-0.2, 0) is 10.5 Å². The standard InChI is InChI=1S/C19H16FN5O2/c1-27-16-4-2-3-13(20)17(16)19(22-8-7-15(24-19)18(21)26)12-5-6-14-11(9-12)10-23-25-14/h2-10,22H,1H3,(H2,21,26)(H,23,25). The molecule has 4 rings (SSSR count). The van der Waals surface area contributed by atoms with Crippen LogP contribution in [0, 0.1) is 5.82 Å². The fourth-order valence-electron chi connectivity index (χ4n) is 3.24. The summed E-state index contributed by atoms with van der Waals surface area (Å²) in [6.07, 6.45) is 4.63. The van der Waals surface area contributed by atoms with Crippen molar-refractivity contribution in [2.75, 3.05) is 7.11 Å². The molecule has 4 N–H and O–H groups in total. The third-order valence-electron chi connectivity index (χ3n) is 4.49. The summed E-state index contributed by atoms with van der Waals surface area (Å²) in [4.78, 5) is 16.3. The topological polar surface area (TPSA) is 105 Å². The second-order valence-electron chi connectivity index (χ2n) is 6.04. The van der Waals surface area contributed by atoms with Gasteiger partial charge in [-0.25, -0.2) is 9.38 Å². The van der Waals surface area contributed by atoms with Gasteiger partial charge in [0, 0.05) is 17.1 Å². The molecule has 27 heavy (non-hydrogen) atoms. The minimum absolute atomic E-state index is 0.0198. The Morgan fingerprint density at radius 3 is 2.93 bits per heavy atom. The monoisotopic (exact) mass is 365 g/mol. The van der Waals surface area contributed by atoms with Crippen molar-refractivity contribution < 1.29 is 13.9 Å². The number of aromatic nitrogens is 2. The number of amides is 1. The van der Waals surface area contributed by atoms with Crippen LogP contribution in [0.25, 0.3) is 10.9 Å². The predicted octanol–water partition coefficient (Wildman–Crippen LogP) is 1.95. The van der Waals surface area contributed by atoms with Crippen LogP contribution in [0.15, 0.2) is 59.9 Å². The first-order valence-electron chi connectivity index (χ1n) is 8.15. The molecule has 1 amide bonds. The Hall–Kier alpha value is -3.68. The fourth-order valence-corrected chi connectivity index (χ4v) is 3.24. The molecule has 0 fully saturated rings. The molecule has 0 aliphatic carbocycles. The number of hydrogen-bond donors (Lipinski definition) is 3. The summed E-state index contributed by atoms with van der Waals surface area (Å²) >= 11 is 0. The third-order valence-corrected chi connectivity index (χ3v) is 4.49. The van der Waals surface area contributed by atoms with Crippen molar-refractivity contribution in [2.45, 2.75) is 5.66 Å². The SMILES string of the molecule is COc1cccc(F)c1C1(c2ccc3[nH]ncc3c2)N=C(C(N)=O)C=CN1. The molecular weight excluding hydrogens is 349 g/mol. The minimum atomic E-state index is -1.43. The van der Waals surface area contributed by atoms with Gasteiger partial charge in [0.25, 0.3) is 5.91 Å². The maximum Gasteiger partial charge on any atom is 0.267 e. The van der Waals surface area contributed by atoms with E-state index in [-0.39, 0.29) is 17.0 Å². The van der Waals surface area contributed by atoms with Crippen LogP contribution in [-0.4, -0.2) is 28.9 Å². The average molecular weight is 365 g/mol. The zero-order valence-corrected chi connectivity index (χ0v) is 14.4. The Labute approximate surface area is 153 Å². The van der Waals surface area contributed by atoms with Gasteiger partial charge in [0.1, 0.15) is 17.3 Å². The second-order valence-corrected chi connectivity index (χ2v) is 6.04. The number of ether oxygens (including phenoxy) is 1. The largest absolute Gasteiger partial charge is 0.496 e. The van der Waals surface area contributed by atoms with Crippen molar-refractivity contribution in [1.82, 2.24) is 15.5 Å². The number of rotatable bonds is 4. The maximum atomic E-state index is 15.0. The number of carbonyl (C=O) groups excluding carboxylic acids is 1. The molecule has 136 valence electrons. The summed E-state index contributed by atoms with van der Waals surface area (Å²) in [5.41, 5.74) is 5.60. The maximum absolute atomic E-state index is 15.0. The van der Waals surface area contributed by atoms with Crippen LogP contribution in [0.3, 0.4) is 0 Å². The van der Waals surface area contributed by atoms with Crippen molar-refractivity contribution >= 4 is 22.5 Å². The van der Waals surface area contributed by atoms with Gasteiger partial charge in [-0.1, -0.05) is 12.1 Å². The molecular formula is C19H16FN5O2. The summed E-state index contributed by atoms with van der Waals surface area (Å²) in [6, 6.07) is 9.90. The van der Waals surface area contributed by atoms with E-state index in [1.807, 2.05) is 12.1 Å². The van der Waals surface area contributed by atoms with Crippen LogP contribution in [0.1, 0.15) is 11.1 Å². The average Bonchev–Trinajstić information content (AvgIpc) is 3.15. The minimum Gasteiger partial charge on any atom is -0.496 e. The summed E-state index contributed by atoms with van der Waals surface area (Å²) in [5, 5.41) is 10.8. The summed E-state index contributed by atoms with van der Waals surface area (Å²) in [5.74, 6) is -0.952. The normalized spacial score (nSPS) is 18.8. The highest BCUT2D eigenvalue weighted by Crippen LogP contribution is 2.40. The number of H-pyrrole nitrogens is 1. The number of nitrogens with one attached hydrogen (secondary N) is 2. The molecule has 0 spiro atoms. The van der Waals surface area contributed by atoms with Crippen LogP contribution in [0.2, 0.25) is 0 Å². The first-order chi connectivity index (χ1) is 13.0. The molecule has 1 unspecified atom stereocenters. The molecule has 3 aromatic rings. The molecule has 0 bridgehead atoms.